The molecule has 8 heteroatoms. The molecular weight excluding hydrogens is 299 g/mol. The zero-order chi connectivity index (χ0) is 13.3. The molecule has 18 heavy (non-hydrogen) atoms. The maximum Gasteiger partial charge on any atom is 0.335 e. The molecule has 0 spiro atoms. The van der Waals surface area contributed by atoms with Crippen LogP contribution in [0.5, 0.6) is 0 Å². The first kappa shape index (κ1) is 13.3. The Labute approximate surface area is 114 Å². The van der Waals surface area contributed by atoms with Gasteiger partial charge in [0.15, 0.2) is 0 Å². The van der Waals surface area contributed by atoms with Crippen LogP contribution in [0.3, 0.4) is 0 Å². The van der Waals surface area contributed by atoms with Gasteiger partial charge in [-0.05, 0) is 17.7 Å². The van der Waals surface area contributed by atoms with Crippen LogP contribution in [-0.4, -0.2) is 24.9 Å². The predicted molar refractivity (Wildman–Crippen MR) is 66.7 cm³/mol. The molecule has 0 atom stereocenters. The first-order chi connectivity index (χ1) is 8.36. The summed E-state index contributed by atoms with van der Waals surface area (Å²) in [6.07, 6.45) is 1.25. The average molecular weight is 307 g/mol. The van der Waals surface area contributed by atoms with Crippen molar-refractivity contribution in [2.45, 2.75) is 11.6 Å². The minimum absolute atomic E-state index is 0.180. The van der Waals surface area contributed by atoms with Gasteiger partial charge in [-0.3, -0.25) is 0 Å². The normalized spacial score (nSPS) is 11.7. The second-order valence-electron chi connectivity index (χ2n) is 3.65. The first-order valence-electron chi connectivity index (χ1n) is 4.82. The van der Waals surface area contributed by atoms with Gasteiger partial charge >= 0.3 is 5.22 Å². The Hall–Kier alpha value is -1.11. The number of aromatic nitrogens is 2. The zero-order valence-corrected chi connectivity index (χ0v) is 11.6. The largest absolute Gasteiger partial charge is 0.412 e. The predicted octanol–water partition coefficient (Wildman–Crippen LogP) is 2.37. The molecule has 0 radical (unpaired) electrons. The Balaban J connectivity index is 2.27. The van der Waals surface area contributed by atoms with Gasteiger partial charge in [0.1, 0.15) is 0 Å². The van der Waals surface area contributed by atoms with E-state index in [1.54, 1.807) is 18.2 Å². The fraction of sp³-hybridized carbons (Fsp3) is 0.200. The Bertz CT molecular complexity index is 682. The van der Waals surface area contributed by atoms with Crippen LogP contribution >= 0.6 is 23.2 Å². The number of hydrogen-bond donors (Lipinski definition) is 0. The third-order valence-corrected chi connectivity index (χ3v) is 3.51. The van der Waals surface area contributed by atoms with E-state index in [1.165, 1.54) is 0 Å². The van der Waals surface area contributed by atoms with Gasteiger partial charge in [0.05, 0.1) is 6.42 Å². The van der Waals surface area contributed by atoms with Gasteiger partial charge in [0, 0.05) is 16.3 Å². The molecule has 0 aliphatic rings. The second-order valence-corrected chi connectivity index (χ2v) is 6.38. The van der Waals surface area contributed by atoms with Crippen LogP contribution in [0.2, 0.25) is 10.0 Å². The topological polar surface area (TPSA) is 73.1 Å². The lowest BCUT2D eigenvalue weighted by Gasteiger charge is -2.00. The summed E-state index contributed by atoms with van der Waals surface area (Å²) in [5, 5.41) is 7.69. The standard InChI is InChI=1S/C10H8Cl2N2O3S/c1-18(15,16)10-14-13-9(17-10)4-6-2-3-7(11)5-8(6)12/h2-3,5H,4H2,1H3. The van der Waals surface area contributed by atoms with Crippen molar-refractivity contribution in [1.29, 1.82) is 0 Å². The van der Waals surface area contributed by atoms with Crippen molar-refractivity contribution in [3.63, 3.8) is 0 Å². The third-order valence-electron chi connectivity index (χ3n) is 2.12. The summed E-state index contributed by atoms with van der Waals surface area (Å²) in [7, 11) is -3.49. The lowest BCUT2D eigenvalue weighted by molar-refractivity contribution is 0.403. The van der Waals surface area contributed by atoms with Gasteiger partial charge in [-0.2, -0.15) is 0 Å². The molecule has 5 nitrogen and oxygen atoms in total. The van der Waals surface area contributed by atoms with Crippen molar-refractivity contribution < 1.29 is 12.8 Å². The third kappa shape index (κ3) is 3.01. The van der Waals surface area contributed by atoms with E-state index < -0.39 is 15.1 Å². The Morgan fingerprint density at radius 1 is 1.28 bits per heavy atom. The van der Waals surface area contributed by atoms with Crippen molar-refractivity contribution in [3.05, 3.63) is 39.7 Å². The number of nitrogens with zero attached hydrogens (tertiary/aromatic N) is 2. The summed E-state index contributed by atoms with van der Waals surface area (Å²) in [5.74, 6) is 0.180. The summed E-state index contributed by atoms with van der Waals surface area (Å²) in [6.45, 7) is 0. The Morgan fingerprint density at radius 3 is 2.56 bits per heavy atom. The maximum absolute atomic E-state index is 11.2. The molecule has 2 rings (SSSR count). The highest BCUT2D eigenvalue weighted by Gasteiger charge is 2.17. The lowest BCUT2D eigenvalue weighted by Crippen LogP contribution is -1.96. The summed E-state index contributed by atoms with van der Waals surface area (Å²) in [6, 6.07) is 4.98. The Kier molecular flexibility index (Phi) is 3.61. The van der Waals surface area contributed by atoms with Crippen LogP contribution in [0.4, 0.5) is 0 Å². The molecule has 0 fully saturated rings. The smallest absolute Gasteiger partial charge is 0.335 e. The Morgan fingerprint density at radius 2 is 2.00 bits per heavy atom. The number of benzene rings is 1. The quantitative estimate of drug-likeness (QED) is 0.870. The fourth-order valence-corrected chi connectivity index (χ4v) is 2.20. The van der Waals surface area contributed by atoms with Crippen molar-refractivity contribution >= 4 is 33.0 Å². The number of hydrogen-bond acceptors (Lipinski definition) is 5. The summed E-state index contributed by atoms with van der Waals surface area (Å²) >= 11 is 11.8. The molecule has 1 aromatic carbocycles. The molecule has 0 bridgehead atoms. The highest BCUT2D eigenvalue weighted by Crippen LogP contribution is 2.23. The molecule has 0 saturated carbocycles. The molecule has 96 valence electrons. The average Bonchev–Trinajstić information content (AvgIpc) is 2.70. The minimum atomic E-state index is -3.49. The van der Waals surface area contributed by atoms with Crippen LogP contribution in [0.15, 0.2) is 27.8 Å². The van der Waals surface area contributed by atoms with E-state index in [4.69, 9.17) is 27.6 Å². The SMILES string of the molecule is CS(=O)(=O)c1nnc(Cc2ccc(Cl)cc2Cl)o1. The summed E-state index contributed by atoms with van der Waals surface area (Å²) < 4.78 is 27.4. The van der Waals surface area contributed by atoms with Gasteiger partial charge in [0.2, 0.25) is 15.7 Å². The molecule has 0 aliphatic heterocycles. The molecule has 0 saturated heterocycles. The van der Waals surface area contributed by atoms with E-state index in [9.17, 15) is 8.42 Å². The van der Waals surface area contributed by atoms with Crippen molar-refractivity contribution in [2.24, 2.45) is 0 Å². The van der Waals surface area contributed by atoms with Crippen molar-refractivity contribution in [1.82, 2.24) is 10.2 Å². The van der Waals surface area contributed by atoms with Gasteiger partial charge < -0.3 is 4.42 Å². The van der Waals surface area contributed by atoms with Crippen LogP contribution in [0.25, 0.3) is 0 Å². The summed E-state index contributed by atoms with van der Waals surface area (Å²) in [5.41, 5.74) is 0.727. The lowest BCUT2D eigenvalue weighted by atomic mass is 10.1. The van der Waals surface area contributed by atoms with Crippen LogP contribution in [0, 0.1) is 0 Å². The first-order valence-corrected chi connectivity index (χ1v) is 7.47. The van der Waals surface area contributed by atoms with E-state index in [2.05, 4.69) is 10.2 Å². The van der Waals surface area contributed by atoms with Crippen molar-refractivity contribution in [3.8, 4) is 0 Å². The van der Waals surface area contributed by atoms with Gasteiger partial charge in [-0.15, -0.1) is 5.10 Å². The number of sulfone groups is 1. The minimum Gasteiger partial charge on any atom is -0.412 e. The van der Waals surface area contributed by atoms with E-state index in [0.717, 1.165) is 11.8 Å². The molecule has 1 aromatic heterocycles. The van der Waals surface area contributed by atoms with E-state index in [-0.39, 0.29) is 12.3 Å². The molecule has 0 N–H and O–H groups in total. The van der Waals surface area contributed by atoms with E-state index in [0.29, 0.717) is 10.0 Å². The summed E-state index contributed by atoms with van der Waals surface area (Å²) in [4.78, 5) is 0. The van der Waals surface area contributed by atoms with Crippen LogP contribution in [-0.2, 0) is 16.3 Å². The van der Waals surface area contributed by atoms with Crippen LogP contribution in [0.1, 0.15) is 11.5 Å². The van der Waals surface area contributed by atoms with E-state index >= 15 is 0 Å². The highest BCUT2D eigenvalue weighted by molar-refractivity contribution is 7.90. The molecule has 0 amide bonds. The maximum atomic E-state index is 11.2. The molecular formula is C10H8Cl2N2O3S. The number of halogens is 2. The molecule has 0 unspecified atom stereocenters. The van der Waals surface area contributed by atoms with Crippen molar-refractivity contribution in [2.75, 3.05) is 6.26 Å². The zero-order valence-electron chi connectivity index (χ0n) is 9.22. The van der Waals surface area contributed by atoms with E-state index in [1.807, 2.05) is 0 Å². The fourth-order valence-electron chi connectivity index (χ4n) is 1.29. The van der Waals surface area contributed by atoms with Crippen LogP contribution < -0.4 is 0 Å². The van der Waals surface area contributed by atoms with Gasteiger partial charge in [-0.1, -0.05) is 34.4 Å². The number of rotatable bonds is 3. The second kappa shape index (κ2) is 4.87. The molecule has 0 aliphatic carbocycles. The van der Waals surface area contributed by atoms with Gasteiger partial charge in [-0.25, -0.2) is 8.42 Å². The highest BCUT2D eigenvalue weighted by atomic mass is 35.5. The monoisotopic (exact) mass is 306 g/mol. The molecule has 1 heterocycles. The van der Waals surface area contributed by atoms with Gasteiger partial charge in [0.25, 0.3) is 0 Å². The molecule has 2 aromatic rings.